The number of hydrogen-bond donors (Lipinski definition) is 1. The van der Waals surface area contributed by atoms with Crippen LogP contribution in [0.5, 0.6) is 11.5 Å². The molecule has 0 bridgehead atoms. The van der Waals surface area contributed by atoms with Crippen LogP contribution in [0.15, 0.2) is 71.6 Å². The van der Waals surface area contributed by atoms with E-state index in [1.807, 2.05) is 25.1 Å². The van der Waals surface area contributed by atoms with E-state index in [1.165, 1.54) is 55.7 Å². The zero-order valence-electron chi connectivity index (χ0n) is 21.2. The standard InChI is InChI=1S/C26H29N3O7S2/c1-19-7-6-8-20(15-19)18-37-14-13-27-26(30)17-28(22-12-11-21(35-2)16-24(22)36-3)38(33,34)25-10-5-4-9-23(25)29(31)32/h4-12,15-16H,13-14,17-18H2,1-3H3,(H,27,30). The number of sulfonamides is 1. The Labute approximate surface area is 226 Å². The highest BCUT2D eigenvalue weighted by Crippen LogP contribution is 2.37. The lowest BCUT2D eigenvalue weighted by Gasteiger charge is -2.25. The zero-order chi connectivity index (χ0) is 27.7. The molecular weight excluding hydrogens is 530 g/mol. The number of aryl methyl sites for hydroxylation is 1. The molecule has 10 nitrogen and oxygen atoms in total. The number of ether oxygens (including phenoxy) is 2. The zero-order valence-corrected chi connectivity index (χ0v) is 22.9. The Hall–Kier alpha value is -3.77. The maximum absolute atomic E-state index is 13.7. The molecule has 0 aliphatic heterocycles. The van der Waals surface area contributed by atoms with E-state index in [1.54, 1.807) is 11.8 Å². The van der Waals surface area contributed by atoms with Crippen molar-refractivity contribution >= 4 is 39.1 Å². The molecule has 0 radical (unpaired) electrons. The van der Waals surface area contributed by atoms with Gasteiger partial charge in [-0.3, -0.25) is 19.2 Å². The number of carbonyl (C=O) groups excluding carboxylic acids is 1. The summed E-state index contributed by atoms with van der Waals surface area (Å²) in [5.74, 6) is 1.35. The summed E-state index contributed by atoms with van der Waals surface area (Å²) in [4.78, 5) is 23.2. The molecule has 202 valence electrons. The average molecular weight is 560 g/mol. The van der Waals surface area contributed by atoms with Crippen molar-refractivity contribution in [3.05, 3.63) is 88.0 Å². The summed E-state index contributed by atoms with van der Waals surface area (Å²) < 4.78 is 38.8. The predicted octanol–water partition coefficient (Wildman–Crippen LogP) is 4.17. The third kappa shape index (κ3) is 7.17. The number of benzene rings is 3. The Morgan fingerprint density at radius 1 is 1.05 bits per heavy atom. The first-order valence-electron chi connectivity index (χ1n) is 11.6. The number of methoxy groups -OCH3 is 2. The van der Waals surface area contributed by atoms with Gasteiger partial charge in [0, 0.05) is 30.2 Å². The second kappa shape index (κ2) is 13.2. The molecule has 0 heterocycles. The monoisotopic (exact) mass is 559 g/mol. The van der Waals surface area contributed by atoms with Crippen molar-refractivity contribution in [2.24, 2.45) is 0 Å². The van der Waals surface area contributed by atoms with Crippen LogP contribution in [0.1, 0.15) is 11.1 Å². The average Bonchev–Trinajstić information content (AvgIpc) is 2.91. The Morgan fingerprint density at radius 2 is 1.82 bits per heavy atom. The molecule has 0 saturated carbocycles. The fourth-order valence-corrected chi connectivity index (χ4v) is 6.07. The lowest BCUT2D eigenvalue weighted by Crippen LogP contribution is -2.41. The van der Waals surface area contributed by atoms with Gasteiger partial charge in [0.15, 0.2) is 4.90 Å². The number of amides is 1. The van der Waals surface area contributed by atoms with E-state index in [2.05, 4.69) is 11.4 Å². The molecule has 0 saturated heterocycles. The summed E-state index contributed by atoms with van der Waals surface area (Å²) in [6, 6.07) is 17.5. The van der Waals surface area contributed by atoms with Crippen LogP contribution in [0.25, 0.3) is 0 Å². The summed E-state index contributed by atoms with van der Waals surface area (Å²) in [6.07, 6.45) is 0. The summed E-state index contributed by atoms with van der Waals surface area (Å²) in [5.41, 5.74) is 1.79. The van der Waals surface area contributed by atoms with E-state index in [9.17, 15) is 23.3 Å². The van der Waals surface area contributed by atoms with E-state index in [0.29, 0.717) is 18.0 Å². The number of nitrogens with one attached hydrogen (secondary N) is 1. The number of carbonyl (C=O) groups is 1. The molecule has 1 amide bonds. The highest BCUT2D eigenvalue weighted by atomic mass is 32.2. The Balaban J connectivity index is 1.82. The van der Waals surface area contributed by atoms with Crippen LogP contribution >= 0.6 is 11.8 Å². The van der Waals surface area contributed by atoms with Gasteiger partial charge in [-0.1, -0.05) is 42.0 Å². The highest BCUT2D eigenvalue weighted by molar-refractivity contribution is 7.98. The first-order valence-corrected chi connectivity index (χ1v) is 14.1. The van der Waals surface area contributed by atoms with Crippen LogP contribution in [0, 0.1) is 17.0 Å². The topological polar surface area (TPSA) is 128 Å². The lowest BCUT2D eigenvalue weighted by atomic mass is 10.2. The van der Waals surface area contributed by atoms with Crippen LogP contribution in [-0.2, 0) is 20.6 Å². The fourth-order valence-electron chi connectivity index (χ4n) is 3.68. The van der Waals surface area contributed by atoms with E-state index < -0.39 is 38.0 Å². The van der Waals surface area contributed by atoms with Gasteiger partial charge in [-0.25, -0.2) is 8.42 Å². The maximum atomic E-state index is 13.7. The first kappa shape index (κ1) is 28.8. The van der Waals surface area contributed by atoms with Crippen LogP contribution < -0.4 is 19.1 Å². The minimum absolute atomic E-state index is 0.0374. The molecule has 0 aliphatic carbocycles. The quantitative estimate of drug-likeness (QED) is 0.188. The molecular formula is C26H29N3O7S2. The second-order valence-corrected chi connectivity index (χ2v) is 11.1. The van der Waals surface area contributed by atoms with Crippen LogP contribution in [-0.4, -0.2) is 52.3 Å². The summed E-state index contributed by atoms with van der Waals surface area (Å²) in [6.45, 7) is 1.73. The maximum Gasteiger partial charge on any atom is 0.289 e. The molecule has 0 aromatic heterocycles. The second-order valence-electron chi connectivity index (χ2n) is 8.17. The van der Waals surface area contributed by atoms with Crippen LogP contribution in [0.2, 0.25) is 0 Å². The molecule has 12 heteroatoms. The van der Waals surface area contributed by atoms with Gasteiger partial charge in [0.2, 0.25) is 5.91 Å². The minimum atomic E-state index is -4.55. The number of nitro groups is 1. The number of anilines is 1. The Bertz CT molecular complexity index is 1400. The van der Waals surface area contributed by atoms with Crippen molar-refractivity contribution < 1.29 is 27.6 Å². The molecule has 0 aliphatic rings. The molecule has 0 fully saturated rings. The lowest BCUT2D eigenvalue weighted by molar-refractivity contribution is -0.387. The van der Waals surface area contributed by atoms with Gasteiger partial charge >= 0.3 is 0 Å². The van der Waals surface area contributed by atoms with Crippen molar-refractivity contribution in [1.29, 1.82) is 0 Å². The van der Waals surface area contributed by atoms with E-state index in [4.69, 9.17) is 9.47 Å². The van der Waals surface area contributed by atoms with Crippen LogP contribution in [0.3, 0.4) is 0 Å². The summed E-state index contributed by atoms with van der Waals surface area (Å²) >= 11 is 1.63. The SMILES string of the molecule is COc1ccc(N(CC(=O)NCCSCc2cccc(C)c2)S(=O)(=O)c2ccccc2[N+](=O)[O-])c(OC)c1. The molecule has 1 N–H and O–H groups in total. The van der Waals surface area contributed by atoms with Gasteiger partial charge in [-0.2, -0.15) is 11.8 Å². The third-order valence-corrected chi connectivity index (χ3v) is 8.33. The first-order chi connectivity index (χ1) is 18.2. The van der Waals surface area contributed by atoms with E-state index >= 15 is 0 Å². The third-order valence-electron chi connectivity index (χ3n) is 5.49. The highest BCUT2D eigenvalue weighted by Gasteiger charge is 2.34. The summed E-state index contributed by atoms with van der Waals surface area (Å²) in [7, 11) is -1.76. The van der Waals surface area contributed by atoms with Gasteiger partial charge in [0.1, 0.15) is 18.0 Å². The molecule has 3 aromatic rings. The molecule has 0 atom stereocenters. The van der Waals surface area contributed by atoms with Crippen LogP contribution in [0.4, 0.5) is 11.4 Å². The van der Waals surface area contributed by atoms with Gasteiger partial charge in [0.05, 0.1) is 24.8 Å². The van der Waals surface area contributed by atoms with Gasteiger partial charge in [-0.15, -0.1) is 0 Å². The number of nitro benzene ring substituents is 1. The van der Waals surface area contributed by atoms with Gasteiger partial charge in [0.25, 0.3) is 15.7 Å². The number of hydrogen-bond acceptors (Lipinski definition) is 8. The van der Waals surface area contributed by atoms with Crippen molar-refractivity contribution in [2.45, 2.75) is 17.6 Å². The number of para-hydroxylation sites is 1. The minimum Gasteiger partial charge on any atom is -0.497 e. The van der Waals surface area contributed by atoms with Crippen molar-refractivity contribution in [3.8, 4) is 11.5 Å². The fraction of sp³-hybridized carbons (Fsp3) is 0.269. The molecule has 0 unspecified atom stereocenters. The summed E-state index contributed by atoms with van der Waals surface area (Å²) in [5, 5.41) is 14.3. The van der Waals surface area contributed by atoms with Gasteiger partial charge < -0.3 is 14.8 Å². The van der Waals surface area contributed by atoms with Gasteiger partial charge in [-0.05, 0) is 30.7 Å². The number of thioether (sulfide) groups is 1. The number of rotatable bonds is 13. The van der Waals surface area contributed by atoms with E-state index in [0.717, 1.165) is 22.2 Å². The predicted molar refractivity (Wildman–Crippen MR) is 148 cm³/mol. The van der Waals surface area contributed by atoms with Crippen molar-refractivity contribution in [1.82, 2.24) is 5.32 Å². The Morgan fingerprint density at radius 3 is 2.50 bits per heavy atom. The largest absolute Gasteiger partial charge is 0.497 e. The smallest absolute Gasteiger partial charge is 0.289 e. The normalized spacial score (nSPS) is 11.0. The molecule has 0 spiro atoms. The van der Waals surface area contributed by atoms with E-state index in [-0.39, 0.29) is 11.4 Å². The molecule has 38 heavy (non-hydrogen) atoms. The molecule has 3 aromatic carbocycles. The number of nitrogens with zero attached hydrogens (tertiary/aromatic N) is 2. The van der Waals surface area contributed by atoms with Crippen molar-refractivity contribution in [2.75, 3.05) is 37.4 Å². The Kier molecular flexibility index (Phi) is 9.97. The van der Waals surface area contributed by atoms with Crippen molar-refractivity contribution in [3.63, 3.8) is 0 Å². The molecule has 3 rings (SSSR count).